The Bertz CT molecular complexity index is 757. The van der Waals surface area contributed by atoms with Crippen LogP contribution in [0, 0.1) is 5.82 Å². The van der Waals surface area contributed by atoms with E-state index in [4.69, 9.17) is 4.74 Å². The van der Waals surface area contributed by atoms with Crippen molar-refractivity contribution in [2.45, 2.75) is 6.42 Å². The Hall–Kier alpha value is -2.12. The van der Waals surface area contributed by atoms with Gasteiger partial charge in [0.25, 0.3) is 11.1 Å². The number of amides is 2. The number of hydrogen-bond acceptors (Lipinski definition) is 5. The zero-order valence-electron chi connectivity index (χ0n) is 12.6. The van der Waals surface area contributed by atoms with Crippen LogP contribution in [-0.2, 0) is 4.79 Å². The summed E-state index contributed by atoms with van der Waals surface area (Å²) in [6.45, 7) is 0.644. The standard InChI is InChI=1S/C17H14FNO3S2/c18-12-4-6-13(7-5-12)22-9-2-8-19-16(20)15(24-17(19)21)11-14-3-1-10-23-14/h1,3-7,10-11H,2,8-9H2/b15-11-. The molecule has 1 aromatic carbocycles. The van der Waals surface area contributed by atoms with Crippen molar-refractivity contribution >= 4 is 40.3 Å². The highest BCUT2D eigenvalue weighted by Crippen LogP contribution is 2.32. The maximum absolute atomic E-state index is 12.8. The van der Waals surface area contributed by atoms with Crippen LogP contribution in [-0.4, -0.2) is 29.2 Å². The van der Waals surface area contributed by atoms with Crippen molar-refractivity contribution in [2.75, 3.05) is 13.2 Å². The SMILES string of the molecule is O=C1S/C(=C\c2cccs2)C(=O)N1CCCOc1ccc(F)cc1. The van der Waals surface area contributed by atoms with Gasteiger partial charge in [-0.25, -0.2) is 4.39 Å². The van der Waals surface area contributed by atoms with Crippen molar-refractivity contribution in [3.63, 3.8) is 0 Å². The van der Waals surface area contributed by atoms with Crippen molar-refractivity contribution in [1.29, 1.82) is 0 Å². The quantitative estimate of drug-likeness (QED) is 0.564. The first-order valence-electron chi connectivity index (χ1n) is 7.31. The van der Waals surface area contributed by atoms with Crippen molar-refractivity contribution in [3.05, 3.63) is 57.4 Å². The average molecular weight is 363 g/mol. The van der Waals surface area contributed by atoms with E-state index in [9.17, 15) is 14.0 Å². The Balaban J connectivity index is 1.51. The van der Waals surface area contributed by atoms with Crippen molar-refractivity contribution in [3.8, 4) is 5.75 Å². The second-order valence-electron chi connectivity index (χ2n) is 5.00. The number of thiophene rings is 1. The first-order chi connectivity index (χ1) is 11.6. The van der Waals surface area contributed by atoms with Gasteiger partial charge in [-0.15, -0.1) is 11.3 Å². The molecule has 0 radical (unpaired) electrons. The summed E-state index contributed by atoms with van der Waals surface area (Å²) in [6.07, 6.45) is 2.26. The molecule has 0 atom stereocenters. The molecule has 2 aromatic rings. The van der Waals surface area contributed by atoms with Gasteiger partial charge in [-0.2, -0.15) is 0 Å². The van der Waals surface area contributed by atoms with Crippen LogP contribution < -0.4 is 4.74 Å². The molecule has 1 fully saturated rings. The molecule has 3 rings (SSSR count). The largest absolute Gasteiger partial charge is 0.494 e. The number of benzene rings is 1. The number of thioether (sulfide) groups is 1. The molecule has 2 amide bonds. The highest BCUT2D eigenvalue weighted by molar-refractivity contribution is 8.18. The fourth-order valence-electron chi connectivity index (χ4n) is 2.14. The van der Waals surface area contributed by atoms with E-state index in [1.807, 2.05) is 17.5 Å². The maximum atomic E-state index is 12.8. The Morgan fingerprint density at radius 2 is 1.96 bits per heavy atom. The molecule has 0 unspecified atom stereocenters. The summed E-state index contributed by atoms with van der Waals surface area (Å²) in [5.74, 6) is -0.0268. The molecule has 124 valence electrons. The fraction of sp³-hybridized carbons (Fsp3) is 0.176. The van der Waals surface area contributed by atoms with E-state index in [0.29, 0.717) is 30.2 Å². The molecule has 4 nitrogen and oxygen atoms in total. The number of hydrogen-bond donors (Lipinski definition) is 0. The van der Waals surface area contributed by atoms with Gasteiger partial charge in [0.2, 0.25) is 0 Å². The second-order valence-corrected chi connectivity index (χ2v) is 6.98. The summed E-state index contributed by atoms with van der Waals surface area (Å²) < 4.78 is 18.3. The number of rotatable bonds is 6. The molecule has 24 heavy (non-hydrogen) atoms. The summed E-state index contributed by atoms with van der Waals surface area (Å²) in [5, 5.41) is 1.66. The smallest absolute Gasteiger partial charge is 0.293 e. The molecule has 7 heteroatoms. The van der Waals surface area contributed by atoms with E-state index < -0.39 is 0 Å². The number of halogens is 1. The highest BCUT2D eigenvalue weighted by atomic mass is 32.2. The van der Waals surface area contributed by atoms with E-state index in [2.05, 4.69) is 0 Å². The summed E-state index contributed by atoms with van der Waals surface area (Å²) in [6, 6.07) is 9.52. The highest BCUT2D eigenvalue weighted by Gasteiger charge is 2.34. The number of imide groups is 1. The molecule has 0 aliphatic carbocycles. The van der Waals surface area contributed by atoms with Gasteiger partial charge in [0.1, 0.15) is 11.6 Å². The first kappa shape index (κ1) is 16.7. The van der Waals surface area contributed by atoms with Crippen LogP contribution in [0.5, 0.6) is 5.75 Å². The zero-order chi connectivity index (χ0) is 16.9. The van der Waals surface area contributed by atoms with Crippen LogP contribution in [0.1, 0.15) is 11.3 Å². The fourth-order valence-corrected chi connectivity index (χ4v) is 3.73. The van der Waals surface area contributed by atoms with Crippen LogP contribution in [0.4, 0.5) is 9.18 Å². The van der Waals surface area contributed by atoms with Gasteiger partial charge in [-0.3, -0.25) is 14.5 Å². The van der Waals surface area contributed by atoms with Gasteiger partial charge in [-0.05, 0) is 60.0 Å². The second kappa shape index (κ2) is 7.63. The van der Waals surface area contributed by atoms with Gasteiger partial charge < -0.3 is 4.74 Å². The van der Waals surface area contributed by atoms with E-state index in [-0.39, 0.29) is 17.0 Å². The predicted molar refractivity (Wildman–Crippen MR) is 93.5 cm³/mol. The third-order valence-corrected chi connectivity index (χ3v) is 5.03. The third-order valence-electron chi connectivity index (χ3n) is 3.30. The lowest BCUT2D eigenvalue weighted by molar-refractivity contribution is -0.122. The van der Waals surface area contributed by atoms with E-state index in [1.54, 1.807) is 18.2 Å². The van der Waals surface area contributed by atoms with Gasteiger partial charge in [0.05, 0.1) is 11.5 Å². The lowest BCUT2D eigenvalue weighted by Gasteiger charge is -2.12. The minimum atomic E-state index is -0.322. The molecular formula is C17H14FNO3S2. The third kappa shape index (κ3) is 4.04. The molecule has 2 heterocycles. The van der Waals surface area contributed by atoms with Crippen molar-refractivity contribution in [2.24, 2.45) is 0 Å². The number of carbonyl (C=O) groups excluding carboxylic acids is 2. The molecule has 1 saturated heterocycles. The minimum absolute atomic E-state index is 0.260. The minimum Gasteiger partial charge on any atom is -0.494 e. The molecule has 1 aliphatic rings. The topological polar surface area (TPSA) is 46.6 Å². The molecule has 0 bridgehead atoms. The Morgan fingerprint density at radius 1 is 1.17 bits per heavy atom. The molecular weight excluding hydrogens is 349 g/mol. The molecule has 0 saturated carbocycles. The number of nitrogens with zero attached hydrogens (tertiary/aromatic N) is 1. The van der Waals surface area contributed by atoms with Gasteiger partial charge in [-0.1, -0.05) is 6.07 Å². The van der Waals surface area contributed by atoms with Crippen LogP contribution in [0.25, 0.3) is 6.08 Å². The van der Waals surface area contributed by atoms with Crippen LogP contribution >= 0.6 is 23.1 Å². The van der Waals surface area contributed by atoms with Crippen LogP contribution in [0.15, 0.2) is 46.7 Å². The zero-order valence-corrected chi connectivity index (χ0v) is 14.2. The Kier molecular flexibility index (Phi) is 5.32. The normalized spacial score (nSPS) is 16.2. The number of ether oxygens (including phenoxy) is 1. The molecule has 1 aromatic heterocycles. The monoisotopic (exact) mass is 363 g/mol. The van der Waals surface area contributed by atoms with E-state index in [1.165, 1.54) is 28.4 Å². The van der Waals surface area contributed by atoms with Crippen LogP contribution in [0.2, 0.25) is 0 Å². The summed E-state index contributed by atoms with van der Waals surface area (Å²) >= 11 is 2.47. The van der Waals surface area contributed by atoms with Gasteiger partial charge in [0, 0.05) is 11.4 Å². The summed E-state index contributed by atoms with van der Waals surface area (Å²) in [7, 11) is 0. The number of carbonyl (C=O) groups is 2. The Morgan fingerprint density at radius 3 is 2.67 bits per heavy atom. The first-order valence-corrected chi connectivity index (χ1v) is 9.00. The van der Waals surface area contributed by atoms with Crippen molar-refractivity contribution < 1.29 is 18.7 Å². The molecule has 0 spiro atoms. The van der Waals surface area contributed by atoms with Crippen LogP contribution in [0.3, 0.4) is 0 Å². The van der Waals surface area contributed by atoms with E-state index in [0.717, 1.165) is 16.6 Å². The average Bonchev–Trinajstić information content (AvgIpc) is 3.16. The lowest BCUT2D eigenvalue weighted by Crippen LogP contribution is -2.30. The van der Waals surface area contributed by atoms with Gasteiger partial charge in [0.15, 0.2) is 0 Å². The van der Waals surface area contributed by atoms with Crippen molar-refractivity contribution in [1.82, 2.24) is 4.90 Å². The predicted octanol–water partition coefficient (Wildman–Crippen LogP) is 4.39. The Labute approximate surface area is 146 Å². The van der Waals surface area contributed by atoms with Gasteiger partial charge >= 0.3 is 0 Å². The summed E-state index contributed by atoms with van der Waals surface area (Å²) in [5.41, 5.74) is 0. The summed E-state index contributed by atoms with van der Waals surface area (Å²) in [4.78, 5) is 26.9. The molecule has 1 aliphatic heterocycles. The lowest BCUT2D eigenvalue weighted by atomic mass is 10.3. The molecule has 0 N–H and O–H groups in total. The van der Waals surface area contributed by atoms with E-state index >= 15 is 0 Å². The maximum Gasteiger partial charge on any atom is 0.293 e.